The molecule has 3 aliphatic rings. The van der Waals surface area contributed by atoms with E-state index in [9.17, 15) is 4.79 Å². The number of carbonyl (C=O) groups is 1. The second kappa shape index (κ2) is 7.05. The molecule has 0 aromatic heterocycles. The van der Waals surface area contributed by atoms with Gasteiger partial charge in [-0.2, -0.15) is 5.06 Å². The first-order chi connectivity index (χ1) is 10.3. The molecule has 0 radical (unpaired) electrons. The van der Waals surface area contributed by atoms with Gasteiger partial charge < -0.3 is 19.2 Å². The Kier molecular flexibility index (Phi) is 5.11. The van der Waals surface area contributed by atoms with Crippen LogP contribution in [0.15, 0.2) is 0 Å². The minimum atomic E-state index is 0.0595. The van der Waals surface area contributed by atoms with Crippen LogP contribution in [0.2, 0.25) is 0 Å². The van der Waals surface area contributed by atoms with Gasteiger partial charge in [-0.25, -0.2) is 0 Å². The molecule has 3 heterocycles. The Labute approximate surface area is 126 Å². The van der Waals surface area contributed by atoms with Crippen molar-refractivity contribution >= 4 is 5.91 Å². The van der Waals surface area contributed by atoms with Crippen molar-refractivity contribution in [2.24, 2.45) is 5.92 Å². The maximum atomic E-state index is 12.7. The summed E-state index contributed by atoms with van der Waals surface area (Å²) in [6.07, 6.45) is 4.16. The molecule has 0 aromatic carbocycles. The summed E-state index contributed by atoms with van der Waals surface area (Å²) in [7, 11) is 1.69. The van der Waals surface area contributed by atoms with Crippen LogP contribution < -0.4 is 0 Å². The first-order valence-electron chi connectivity index (χ1n) is 8.09. The highest BCUT2D eigenvalue weighted by atomic mass is 16.7. The molecule has 0 aliphatic carbocycles. The van der Waals surface area contributed by atoms with Gasteiger partial charge in [0.15, 0.2) is 0 Å². The number of amides is 1. The highest BCUT2D eigenvalue weighted by Gasteiger charge is 2.35. The average molecular weight is 298 g/mol. The Bertz CT molecular complexity index is 352. The topological polar surface area (TPSA) is 51.2 Å². The zero-order chi connectivity index (χ0) is 14.7. The monoisotopic (exact) mass is 298 g/mol. The molecular weight excluding hydrogens is 272 g/mol. The summed E-state index contributed by atoms with van der Waals surface area (Å²) in [4.78, 5) is 19.9. The van der Waals surface area contributed by atoms with Crippen LogP contribution in [0.5, 0.6) is 0 Å². The summed E-state index contributed by atoms with van der Waals surface area (Å²) < 4.78 is 11.5. The molecule has 6 heteroatoms. The van der Waals surface area contributed by atoms with Crippen molar-refractivity contribution in [1.29, 1.82) is 0 Å². The van der Waals surface area contributed by atoms with Crippen LogP contribution >= 0.6 is 0 Å². The van der Waals surface area contributed by atoms with Gasteiger partial charge in [-0.05, 0) is 25.7 Å². The maximum Gasteiger partial charge on any atom is 0.225 e. The molecule has 1 amide bonds. The first kappa shape index (κ1) is 15.2. The SMILES string of the molecule is CON1CCC(C(=O)N2CCOC(C3CCCO3)C2)CC1. The molecule has 21 heavy (non-hydrogen) atoms. The third-order valence-electron chi connectivity index (χ3n) is 4.85. The fraction of sp³-hybridized carbons (Fsp3) is 0.933. The molecule has 3 saturated heterocycles. The number of hydroxylamine groups is 2. The number of nitrogens with zero attached hydrogens (tertiary/aromatic N) is 2. The van der Waals surface area contributed by atoms with Crippen molar-refractivity contribution in [3.05, 3.63) is 0 Å². The van der Waals surface area contributed by atoms with Gasteiger partial charge in [-0.3, -0.25) is 4.79 Å². The molecule has 6 nitrogen and oxygen atoms in total. The molecule has 0 spiro atoms. The van der Waals surface area contributed by atoms with E-state index in [-0.39, 0.29) is 24.0 Å². The van der Waals surface area contributed by atoms with Crippen LogP contribution in [-0.2, 0) is 19.1 Å². The second-order valence-electron chi connectivity index (χ2n) is 6.13. The Morgan fingerprint density at radius 3 is 2.48 bits per heavy atom. The number of morpholine rings is 1. The van der Waals surface area contributed by atoms with E-state index in [1.54, 1.807) is 7.11 Å². The lowest BCUT2D eigenvalue weighted by Crippen LogP contribution is -2.52. The van der Waals surface area contributed by atoms with Crippen LogP contribution in [0.25, 0.3) is 0 Å². The van der Waals surface area contributed by atoms with E-state index in [0.29, 0.717) is 19.7 Å². The first-order valence-corrected chi connectivity index (χ1v) is 8.09. The van der Waals surface area contributed by atoms with Gasteiger partial charge in [0.1, 0.15) is 6.10 Å². The summed E-state index contributed by atoms with van der Waals surface area (Å²) >= 11 is 0. The fourth-order valence-electron chi connectivity index (χ4n) is 3.54. The third-order valence-corrected chi connectivity index (χ3v) is 4.85. The Hall–Kier alpha value is -0.690. The largest absolute Gasteiger partial charge is 0.375 e. The van der Waals surface area contributed by atoms with E-state index in [0.717, 1.165) is 45.4 Å². The van der Waals surface area contributed by atoms with Gasteiger partial charge in [0.25, 0.3) is 0 Å². The van der Waals surface area contributed by atoms with Gasteiger partial charge in [0, 0.05) is 38.7 Å². The molecule has 0 saturated carbocycles. The molecule has 0 aromatic rings. The van der Waals surface area contributed by atoms with Crippen molar-refractivity contribution in [1.82, 2.24) is 9.96 Å². The van der Waals surface area contributed by atoms with Crippen molar-refractivity contribution in [3.63, 3.8) is 0 Å². The number of ether oxygens (including phenoxy) is 2. The third kappa shape index (κ3) is 3.56. The molecule has 0 N–H and O–H groups in total. The molecule has 120 valence electrons. The Balaban J connectivity index is 1.52. The summed E-state index contributed by atoms with van der Waals surface area (Å²) in [5.74, 6) is 0.427. The summed E-state index contributed by atoms with van der Waals surface area (Å²) in [5, 5.41) is 1.93. The predicted molar refractivity (Wildman–Crippen MR) is 76.6 cm³/mol. The van der Waals surface area contributed by atoms with Gasteiger partial charge in [0.2, 0.25) is 5.91 Å². The van der Waals surface area contributed by atoms with E-state index in [1.807, 2.05) is 9.96 Å². The van der Waals surface area contributed by atoms with E-state index >= 15 is 0 Å². The van der Waals surface area contributed by atoms with E-state index in [1.165, 1.54) is 0 Å². The minimum absolute atomic E-state index is 0.0595. The van der Waals surface area contributed by atoms with Gasteiger partial charge in [-0.1, -0.05) is 0 Å². The van der Waals surface area contributed by atoms with Crippen LogP contribution in [0.4, 0.5) is 0 Å². The van der Waals surface area contributed by atoms with E-state index in [2.05, 4.69) is 0 Å². The molecule has 0 bridgehead atoms. The molecule has 2 unspecified atom stereocenters. The van der Waals surface area contributed by atoms with E-state index in [4.69, 9.17) is 14.3 Å². The van der Waals surface area contributed by atoms with Crippen LogP contribution in [0.3, 0.4) is 0 Å². The lowest BCUT2D eigenvalue weighted by Gasteiger charge is -2.38. The van der Waals surface area contributed by atoms with Crippen molar-refractivity contribution in [3.8, 4) is 0 Å². The van der Waals surface area contributed by atoms with Crippen LogP contribution in [0, 0.1) is 5.92 Å². The molecule has 3 fully saturated rings. The minimum Gasteiger partial charge on any atom is -0.375 e. The second-order valence-corrected chi connectivity index (χ2v) is 6.13. The van der Waals surface area contributed by atoms with Crippen molar-refractivity contribution < 1.29 is 19.1 Å². The summed E-state index contributed by atoms with van der Waals surface area (Å²) in [6.45, 7) is 4.54. The number of hydrogen-bond donors (Lipinski definition) is 0. The molecule has 3 rings (SSSR count). The number of hydrogen-bond acceptors (Lipinski definition) is 5. The van der Waals surface area contributed by atoms with Crippen molar-refractivity contribution in [2.45, 2.75) is 37.9 Å². The average Bonchev–Trinajstić information content (AvgIpc) is 3.09. The zero-order valence-electron chi connectivity index (χ0n) is 12.8. The van der Waals surface area contributed by atoms with Crippen LogP contribution in [-0.4, -0.2) is 74.6 Å². The van der Waals surface area contributed by atoms with E-state index < -0.39 is 0 Å². The van der Waals surface area contributed by atoms with Crippen LogP contribution in [0.1, 0.15) is 25.7 Å². The fourth-order valence-corrected chi connectivity index (χ4v) is 3.54. The van der Waals surface area contributed by atoms with Crippen molar-refractivity contribution in [2.75, 3.05) is 46.5 Å². The predicted octanol–water partition coefficient (Wildman–Crippen LogP) is 0.666. The lowest BCUT2D eigenvalue weighted by molar-refractivity contribution is -0.164. The number of piperidine rings is 1. The molecular formula is C15H26N2O4. The Morgan fingerprint density at radius 2 is 1.81 bits per heavy atom. The van der Waals surface area contributed by atoms with Gasteiger partial charge >= 0.3 is 0 Å². The quantitative estimate of drug-likeness (QED) is 0.766. The maximum absolute atomic E-state index is 12.7. The lowest BCUT2D eigenvalue weighted by atomic mass is 9.95. The van der Waals surface area contributed by atoms with Gasteiger partial charge in [-0.15, -0.1) is 0 Å². The number of carbonyl (C=O) groups excluding carboxylic acids is 1. The smallest absolute Gasteiger partial charge is 0.225 e. The molecule has 2 atom stereocenters. The number of rotatable bonds is 3. The highest BCUT2D eigenvalue weighted by molar-refractivity contribution is 5.79. The Morgan fingerprint density at radius 1 is 1.05 bits per heavy atom. The zero-order valence-corrected chi connectivity index (χ0v) is 12.8. The van der Waals surface area contributed by atoms with Gasteiger partial charge in [0.05, 0.1) is 19.8 Å². The summed E-state index contributed by atoms with van der Waals surface area (Å²) in [5.41, 5.74) is 0. The summed E-state index contributed by atoms with van der Waals surface area (Å²) in [6, 6.07) is 0. The highest BCUT2D eigenvalue weighted by Crippen LogP contribution is 2.24. The molecule has 3 aliphatic heterocycles. The normalized spacial score (nSPS) is 32.5. The standard InChI is InChI=1S/C15H26N2O4/c1-19-17-6-4-12(5-7-17)15(18)16-8-10-21-14(11-16)13-3-2-9-20-13/h12-14H,2-11H2,1H3.